The van der Waals surface area contributed by atoms with E-state index in [0.717, 1.165) is 5.82 Å². The molecule has 94 valence electrons. The number of carboxylic acids is 1. The van der Waals surface area contributed by atoms with Crippen LogP contribution in [0.4, 0.5) is 11.8 Å². The molecule has 0 fully saturated rings. The van der Waals surface area contributed by atoms with Crippen molar-refractivity contribution in [2.45, 2.75) is 6.92 Å². The first-order valence-electron chi connectivity index (χ1n) is 5.36. The summed E-state index contributed by atoms with van der Waals surface area (Å²) in [6.07, 6.45) is 1.67. The quantitative estimate of drug-likeness (QED) is 0.814. The van der Waals surface area contributed by atoms with Gasteiger partial charge in [-0.1, -0.05) is 6.92 Å². The van der Waals surface area contributed by atoms with Crippen molar-refractivity contribution in [1.29, 1.82) is 0 Å². The molecule has 0 aliphatic carbocycles. The van der Waals surface area contributed by atoms with E-state index in [1.165, 1.54) is 0 Å². The molecule has 1 aromatic heterocycles. The largest absolute Gasteiger partial charge is 0.481 e. The third-order valence-electron chi connectivity index (χ3n) is 2.39. The Morgan fingerprint density at radius 2 is 2.12 bits per heavy atom. The minimum absolute atomic E-state index is 0.416. The minimum atomic E-state index is -0.807. The molecule has 1 heterocycles. The lowest BCUT2D eigenvalue weighted by Crippen LogP contribution is -2.29. The number of carboxylic acid groups (broad SMARTS) is 1. The molecule has 0 saturated heterocycles. The summed E-state index contributed by atoms with van der Waals surface area (Å²) in [7, 11) is 5.54. The van der Waals surface area contributed by atoms with E-state index < -0.39 is 11.9 Å². The summed E-state index contributed by atoms with van der Waals surface area (Å²) in [6, 6.07) is 1.77. The molecule has 0 amide bonds. The summed E-state index contributed by atoms with van der Waals surface area (Å²) in [5, 5.41) is 8.85. The predicted molar refractivity (Wildman–Crippen MR) is 66.4 cm³/mol. The van der Waals surface area contributed by atoms with Gasteiger partial charge in [0, 0.05) is 33.9 Å². The molecule has 1 N–H and O–H groups in total. The van der Waals surface area contributed by atoms with E-state index in [0.29, 0.717) is 12.5 Å². The Morgan fingerprint density at radius 1 is 1.47 bits per heavy atom. The summed E-state index contributed by atoms with van der Waals surface area (Å²) < 4.78 is 0. The van der Waals surface area contributed by atoms with Crippen LogP contribution < -0.4 is 9.80 Å². The van der Waals surface area contributed by atoms with Crippen molar-refractivity contribution in [3.63, 3.8) is 0 Å². The highest BCUT2D eigenvalue weighted by atomic mass is 16.4. The fourth-order valence-corrected chi connectivity index (χ4v) is 1.35. The first kappa shape index (κ1) is 13.2. The van der Waals surface area contributed by atoms with Gasteiger partial charge in [-0.3, -0.25) is 4.79 Å². The third kappa shape index (κ3) is 3.58. The van der Waals surface area contributed by atoms with Gasteiger partial charge in [0.25, 0.3) is 0 Å². The molecule has 0 aliphatic heterocycles. The number of rotatable bonds is 5. The Kier molecular flexibility index (Phi) is 4.25. The highest BCUT2D eigenvalue weighted by molar-refractivity contribution is 5.70. The number of nitrogens with zero attached hydrogens (tertiary/aromatic N) is 4. The van der Waals surface area contributed by atoms with Gasteiger partial charge >= 0.3 is 5.97 Å². The first-order valence-corrected chi connectivity index (χ1v) is 5.36. The number of hydrogen-bond donors (Lipinski definition) is 1. The van der Waals surface area contributed by atoms with Crippen LogP contribution in [0.1, 0.15) is 6.92 Å². The van der Waals surface area contributed by atoms with Gasteiger partial charge in [0.1, 0.15) is 5.82 Å². The maximum Gasteiger partial charge on any atom is 0.308 e. The molecule has 0 unspecified atom stereocenters. The zero-order valence-electron chi connectivity index (χ0n) is 10.6. The van der Waals surface area contributed by atoms with Gasteiger partial charge in [-0.05, 0) is 6.07 Å². The smallest absolute Gasteiger partial charge is 0.308 e. The van der Waals surface area contributed by atoms with Gasteiger partial charge in [0.15, 0.2) is 0 Å². The monoisotopic (exact) mass is 238 g/mol. The van der Waals surface area contributed by atoms with E-state index in [4.69, 9.17) is 5.11 Å². The van der Waals surface area contributed by atoms with Gasteiger partial charge in [-0.2, -0.15) is 4.98 Å². The average molecular weight is 238 g/mol. The van der Waals surface area contributed by atoms with Crippen LogP contribution in [0.25, 0.3) is 0 Å². The molecule has 0 spiro atoms. The van der Waals surface area contributed by atoms with E-state index >= 15 is 0 Å². The van der Waals surface area contributed by atoms with Crippen molar-refractivity contribution in [2.24, 2.45) is 5.92 Å². The highest BCUT2D eigenvalue weighted by Gasteiger charge is 2.15. The van der Waals surface area contributed by atoms with Gasteiger partial charge in [-0.25, -0.2) is 4.98 Å². The summed E-state index contributed by atoms with van der Waals surface area (Å²) in [5.74, 6) is 0.0886. The van der Waals surface area contributed by atoms with E-state index in [-0.39, 0.29) is 0 Å². The van der Waals surface area contributed by atoms with Crippen molar-refractivity contribution in [1.82, 2.24) is 9.97 Å². The van der Waals surface area contributed by atoms with Crippen LogP contribution in [0.2, 0.25) is 0 Å². The summed E-state index contributed by atoms with van der Waals surface area (Å²) in [4.78, 5) is 22.8. The van der Waals surface area contributed by atoms with Crippen molar-refractivity contribution >= 4 is 17.7 Å². The van der Waals surface area contributed by atoms with Crippen LogP contribution in [-0.4, -0.2) is 48.7 Å². The fraction of sp³-hybridized carbons (Fsp3) is 0.545. The molecule has 1 atom stereocenters. The molecular formula is C11H18N4O2. The van der Waals surface area contributed by atoms with Gasteiger partial charge in [0.05, 0.1) is 5.92 Å². The second-order valence-electron chi connectivity index (χ2n) is 4.23. The molecule has 1 rings (SSSR count). The summed E-state index contributed by atoms with van der Waals surface area (Å²) in [5.41, 5.74) is 0. The Morgan fingerprint density at radius 3 is 2.65 bits per heavy atom. The Hall–Kier alpha value is -1.85. The van der Waals surface area contributed by atoms with Crippen LogP contribution in [0.3, 0.4) is 0 Å². The van der Waals surface area contributed by atoms with Crippen molar-refractivity contribution < 1.29 is 9.90 Å². The third-order valence-corrected chi connectivity index (χ3v) is 2.39. The van der Waals surface area contributed by atoms with Crippen LogP contribution in [0, 0.1) is 5.92 Å². The van der Waals surface area contributed by atoms with Crippen LogP contribution in [0.15, 0.2) is 12.3 Å². The second-order valence-corrected chi connectivity index (χ2v) is 4.23. The van der Waals surface area contributed by atoms with Gasteiger partial charge in [-0.15, -0.1) is 0 Å². The minimum Gasteiger partial charge on any atom is -0.481 e. The molecule has 6 heteroatoms. The fourth-order valence-electron chi connectivity index (χ4n) is 1.35. The molecule has 0 aliphatic rings. The topological polar surface area (TPSA) is 69.6 Å². The first-order chi connectivity index (χ1) is 7.91. The number of carbonyl (C=O) groups is 1. The molecule has 0 bridgehead atoms. The Labute approximate surface area is 101 Å². The predicted octanol–water partition coefficient (Wildman–Crippen LogP) is 0.699. The van der Waals surface area contributed by atoms with Crippen LogP contribution >= 0.6 is 0 Å². The van der Waals surface area contributed by atoms with E-state index in [9.17, 15) is 4.79 Å². The molecular weight excluding hydrogens is 220 g/mol. The Bertz CT molecular complexity index is 395. The van der Waals surface area contributed by atoms with E-state index in [1.807, 2.05) is 26.0 Å². The van der Waals surface area contributed by atoms with Crippen LogP contribution in [0.5, 0.6) is 0 Å². The molecule has 0 saturated carbocycles. The average Bonchev–Trinajstić information content (AvgIpc) is 2.28. The van der Waals surface area contributed by atoms with Crippen LogP contribution in [-0.2, 0) is 4.79 Å². The van der Waals surface area contributed by atoms with Crippen molar-refractivity contribution in [3.8, 4) is 0 Å². The van der Waals surface area contributed by atoms with Gasteiger partial charge in [0.2, 0.25) is 5.95 Å². The lowest BCUT2D eigenvalue weighted by Gasteiger charge is -2.21. The molecule has 0 aromatic carbocycles. The van der Waals surface area contributed by atoms with Crippen molar-refractivity contribution in [2.75, 3.05) is 37.5 Å². The summed E-state index contributed by atoms with van der Waals surface area (Å²) in [6.45, 7) is 2.09. The summed E-state index contributed by atoms with van der Waals surface area (Å²) >= 11 is 0. The SMILES string of the molecule is C[C@@H](CN(C)c1ccnc(N(C)C)n1)C(=O)O. The molecule has 1 aromatic rings. The maximum atomic E-state index is 10.8. The lowest BCUT2D eigenvalue weighted by molar-refractivity contribution is -0.140. The number of anilines is 2. The highest BCUT2D eigenvalue weighted by Crippen LogP contribution is 2.13. The maximum absolute atomic E-state index is 10.8. The standard InChI is InChI=1S/C11H18N4O2/c1-8(10(16)17)7-15(4)9-5-6-12-11(13-9)14(2)3/h5-6,8H,7H2,1-4H3,(H,16,17)/t8-/m0/s1. The number of aromatic nitrogens is 2. The number of aliphatic carboxylic acids is 1. The molecule has 17 heavy (non-hydrogen) atoms. The van der Waals surface area contributed by atoms with Crippen molar-refractivity contribution in [3.05, 3.63) is 12.3 Å². The second kappa shape index (κ2) is 5.47. The van der Waals surface area contributed by atoms with E-state index in [2.05, 4.69) is 9.97 Å². The van der Waals surface area contributed by atoms with E-state index in [1.54, 1.807) is 24.1 Å². The normalized spacial score (nSPS) is 12.0. The molecule has 6 nitrogen and oxygen atoms in total. The van der Waals surface area contributed by atoms with Gasteiger partial charge < -0.3 is 14.9 Å². The number of hydrogen-bond acceptors (Lipinski definition) is 5. The lowest BCUT2D eigenvalue weighted by atomic mass is 10.2. The zero-order valence-corrected chi connectivity index (χ0v) is 10.6. The molecule has 0 radical (unpaired) electrons. The Balaban J connectivity index is 2.78. The zero-order chi connectivity index (χ0) is 13.0.